The molecular formula is C18H22N2O3. The molecule has 1 aromatic heterocycles. The van der Waals surface area contributed by atoms with Gasteiger partial charge in [0, 0.05) is 24.0 Å². The first-order valence-electron chi connectivity index (χ1n) is 7.63. The summed E-state index contributed by atoms with van der Waals surface area (Å²) in [6.45, 7) is 6.02. The molecule has 0 unspecified atom stereocenters. The van der Waals surface area contributed by atoms with E-state index in [2.05, 4.69) is 10.3 Å². The molecule has 0 spiro atoms. The lowest BCUT2D eigenvalue weighted by molar-refractivity contribution is -0.127. The molecule has 2 aromatic rings. The van der Waals surface area contributed by atoms with Gasteiger partial charge in [0.05, 0.1) is 0 Å². The molecule has 0 saturated heterocycles. The van der Waals surface area contributed by atoms with Crippen molar-refractivity contribution in [2.24, 2.45) is 0 Å². The van der Waals surface area contributed by atoms with Crippen molar-refractivity contribution in [3.8, 4) is 11.5 Å². The van der Waals surface area contributed by atoms with Crippen LogP contribution in [0, 0.1) is 0 Å². The molecule has 0 bridgehead atoms. The van der Waals surface area contributed by atoms with Gasteiger partial charge in [-0.1, -0.05) is 6.07 Å². The monoisotopic (exact) mass is 314 g/mol. The second-order valence-electron chi connectivity index (χ2n) is 5.54. The van der Waals surface area contributed by atoms with Gasteiger partial charge < -0.3 is 14.8 Å². The molecule has 1 N–H and O–H groups in total. The van der Waals surface area contributed by atoms with E-state index in [-0.39, 0.29) is 11.9 Å². The van der Waals surface area contributed by atoms with Crippen molar-refractivity contribution in [1.82, 2.24) is 10.3 Å². The van der Waals surface area contributed by atoms with E-state index in [1.54, 1.807) is 31.5 Å². The van der Waals surface area contributed by atoms with Crippen LogP contribution in [0.5, 0.6) is 11.5 Å². The number of hydrogen-bond acceptors (Lipinski definition) is 4. The lowest BCUT2D eigenvalue weighted by Crippen LogP contribution is -2.39. The number of benzene rings is 1. The van der Waals surface area contributed by atoms with Gasteiger partial charge in [-0.05, 0) is 51.1 Å². The van der Waals surface area contributed by atoms with Crippen LogP contribution in [0.25, 0.3) is 0 Å². The Morgan fingerprint density at radius 3 is 2.43 bits per heavy atom. The Bertz CT molecular complexity index is 612. The molecule has 0 fully saturated rings. The van der Waals surface area contributed by atoms with Crippen molar-refractivity contribution in [1.29, 1.82) is 0 Å². The zero-order chi connectivity index (χ0) is 16.7. The second kappa shape index (κ2) is 8.17. The van der Waals surface area contributed by atoms with Crippen molar-refractivity contribution < 1.29 is 14.3 Å². The Hall–Kier alpha value is -2.56. The maximum absolute atomic E-state index is 11.8. The molecule has 2 rings (SSSR count). The molecule has 1 atom stereocenters. The standard InChI is InChI=1S/C18H22N2O3/c1-13(2)20-18(21)14(3)23-17-8-6-16(7-9-17)22-12-15-5-4-10-19-11-15/h4-11,13-14H,12H2,1-3H3,(H,20,21)/t14-/m0/s1. The fourth-order valence-electron chi connectivity index (χ4n) is 1.92. The number of ether oxygens (including phenoxy) is 2. The number of carbonyl (C=O) groups is 1. The van der Waals surface area contributed by atoms with Gasteiger partial charge >= 0.3 is 0 Å². The van der Waals surface area contributed by atoms with E-state index in [1.807, 2.05) is 38.1 Å². The van der Waals surface area contributed by atoms with Gasteiger partial charge in [-0.2, -0.15) is 0 Å². The minimum atomic E-state index is -0.542. The lowest BCUT2D eigenvalue weighted by Gasteiger charge is -2.16. The first-order chi connectivity index (χ1) is 11.0. The average molecular weight is 314 g/mol. The maximum atomic E-state index is 11.8. The van der Waals surface area contributed by atoms with Gasteiger partial charge in [-0.3, -0.25) is 9.78 Å². The van der Waals surface area contributed by atoms with Gasteiger partial charge in [-0.25, -0.2) is 0 Å². The molecule has 0 radical (unpaired) electrons. The predicted octanol–water partition coefficient (Wildman–Crippen LogP) is 2.95. The number of carbonyl (C=O) groups excluding carboxylic acids is 1. The fourth-order valence-corrected chi connectivity index (χ4v) is 1.92. The molecular weight excluding hydrogens is 292 g/mol. The predicted molar refractivity (Wildman–Crippen MR) is 88.4 cm³/mol. The van der Waals surface area contributed by atoms with Crippen molar-refractivity contribution in [3.05, 3.63) is 54.4 Å². The summed E-state index contributed by atoms with van der Waals surface area (Å²) in [6.07, 6.45) is 2.96. The number of nitrogens with zero attached hydrogens (tertiary/aromatic N) is 1. The summed E-state index contributed by atoms with van der Waals surface area (Å²) in [7, 11) is 0. The van der Waals surface area contributed by atoms with E-state index in [0.717, 1.165) is 11.3 Å². The molecule has 1 amide bonds. The number of amides is 1. The summed E-state index contributed by atoms with van der Waals surface area (Å²) in [5.41, 5.74) is 1.01. The molecule has 0 saturated carbocycles. The SMILES string of the molecule is CC(C)NC(=O)[C@H](C)Oc1ccc(OCc2cccnc2)cc1. The number of pyridine rings is 1. The summed E-state index contributed by atoms with van der Waals surface area (Å²) in [5, 5.41) is 2.82. The zero-order valence-corrected chi connectivity index (χ0v) is 13.7. The zero-order valence-electron chi connectivity index (χ0n) is 13.7. The normalized spacial score (nSPS) is 11.8. The molecule has 5 nitrogen and oxygen atoms in total. The molecule has 0 aliphatic carbocycles. The van der Waals surface area contributed by atoms with Crippen LogP contribution in [-0.4, -0.2) is 23.0 Å². The minimum absolute atomic E-state index is 0.0943. The Balaban J connectivity index is 1.85. The molecule has 5 heteroatoms. The summed E-state index contributed by atoms with van der Waals surface area (Å²) in [6, 6.07) is 11.1. The second-order valence-corrected chi connectivity index (χ2v) is 5.54. The Morgan fingerprint density at radius 2 is 1.83 bits per heavy atom. The van der Waals surface area contributed by atoms with E-state index < -0.39 is 6.10 Å². The lowest BCUT2D eigenvalue weighted by atomic mass is 10.3. The number of hydrogen-bond donors (Lipinski definition) is 1. The Labute approximate surface area is 136 Å². The topological polar surface area (TPSA) is 60.5 Å². The highest BCUT2D eigenvalue weighted by Gasteiger charge is 2.15. The first-order valence-corrected chi connectivity index (χ1v) is 7.63. The molecule has 1 heterocycles. The molecule has 0 aliphatic heterocycles. The number of nitrogens with one attached hydrogen (secondary N) is 1. The van der Waals surface area contributed by atoms with E-state index in [1.165, 1.54) is 0 Å². The van der Waals surface area contributed by atoms with Crippen LogP contribution in [0.3, 0.4) is 0 Å². The van der Waals surface area contributed by atoms with Gasteiger partial charge in [0.2, 0.25) is 0 Å². The number of aromatic nitrogens is 1. The van der Waals surface area contributed by atoms with Gasteiger partial charge in [-0.15, -0.1) is 0 Å². The van der Waals surface area contributed by atoms with Crippen molar-refractivity contribution in [2.75, 3.05) is 0 Å². The number of rotatable bonds is 7. The highest BCUT2D eigenvalue weighted by atomic mass is 16.5. The summed E-state index contributed by atoms with van der Waals surface area (Å²) >= 11 is 0. The third kappa shape index (κ3) is 5.62. The highest BCUT2D eigenvalue weighted by Crippen LogP contribution is 2.19. The van der Waals surface area contributed by atoms with Crippen molar-refractivity contribution >= 4 is 5.91 Å². The summed E-state index contributed by atoms with van der Waals surface area (Å²) in [5.74, 6) is 1.24. The molecule has 0 aliphatic rings. The van der Waals surface area contributed by atoms with Gasteiger partial charge in [0.1, 0.15) is 18.1 Å². The Kier molecular flexibility index (Phi) is 5.97. The first kappa shape index (κ1) is 16.8. The third-order valence-corrected chi connectivity index (χ3v) is 3.07. The minimum Gasteiger partial charge on any atom is -0.489 e. The van der Waals surface area contributed by atoms with Gasteiger partial charge in [0.25, 0.3) is 5.91 Å². The fraction of sp³-hybridized carbons (Fsp3) is 0.333. The van der Waals surface area contributed by atoms with Crippen LogP contribution < -0.4 is 14.8 Å². The largest absolute Gasteiger partial charge is 0.489 e. The third-order valence-electron chi connectivity index (χ3n) is 3.07. The average Bonchev–Trinajstić information content (AvgIpc) is 2.54. The summed E-state index contributed by atoms with van der Waals surface area (Å²) in [4.78, 5) is 15.9. The Morgan fingerprint density at radius 1 is 1.13 bits per heavy atom. The molecule has 122 valence electrons. The molecule has 23 heavy (non-hydrogen) atoms. The van der Waals surface area contributed by atoms with Crippen LogP contribution in [0.15, 0.2) is 48.8 Å². The van der Waals surface area contributed by atoms with E-state index in [9.17, 15) is 4.79 Å². The van der Waals surface area contributed by atoms with E-state index >= 15 is 0 Å². The van der Waals surface area contributed by atoms with Crippen molar-refractivity contribution in [3.63, 3.8) is 0 Å². The van der Waals surface area contributed by atoms with Crippen LogP contribution >= 0.6 is 0 Å². The summed E-state index contributed by atoms with van der Waals surface area (Å²) < 4.78 is 11.3. The van der Waals surface area contributed by atoms with Crippen LogP contribution in [0.4, 0.5) is 0 Å². The van der Waals surface area contributed by atoms with Crippen LogP contribution in [0.1, 0.15) is 26.3 Å². The van der Waals surface area contributed by atoms with Gasteiger partial charge in [0.15, 0.2) is 6.10 Å². The molecule has 1 aromatic carbocycles. The quantitative estimate of drug-likeness (QED) is 0.853. The highest BCUT2D eigenvalue weighted by molar-refractivity contribution is 5.80. The maximum Gasteiger partial charge on any atom is 0.260 e. The van der Waals surface area contributed by atoms with E-state index in [0.29, 0.717) is 12.4 Å². The van der Waals surface area contributed by atoms with Crippen molar-refractivity contribution in [2.45, 2.75) is 39.5 Å². The van der Waals surface area contributed by atoms with E-state index in [4.69, 9.17) is 9.47 Å². The van der Waals surface area contributed by atoms with Crippen LogP contribution in [-0.2, 0) is 11.4 Å². The van der Waals surface area contributed by atoms with Crippen LogP contribution in [0.2, 0.25) is 0 Å². The smallest absolute Gasteiger partial charge is 0.260 e.